The molecule has 0 aliphatic heterocycles. The predicted molar refractivity (Wildman–Crippen MR) is 125 cm³/mol. The van der Waals surface area contributed by atoms with Crippen LogP contribution in [-0.4, -0.2) is 36.5 Å². The van der Waals surface area contributed by atoms with Gasteiger partial charge in [-0.25, -0.2) is 4.39 Å². The van der Waals surface area contributed by atoms with E-state index in [4.69, 9.17) is 9.26 Å². The lowest BCUT2D eigenvalue weighted by molar-refractivity contribution is 0.340. The Morgan fingerprint density at radius 1 is 1.00 bits per heavy atom. The van der Waals surface area contributed by atoms with Crippen LogP contribution in [0.1, 0.15) is 12.8 Å². The first-order valence-electron chi connectivity index (χ1n) is 10.5. The molecule has 0 amide bonds. The van der Waals surface area contributed by atoms with Crippen molar-refractivity contribution in [3.63, 3.8) is 0 Å². The van der Waals surface area contributed by atoms with Crippen molar-refractivity contribution in [1.82, 2.24) is 29.9 Å². The normalized spacial score (nSPS) is 11.0. The third-order valence-electron chi connectivity index (χ3n) is 4.85. The van der Waals surface area contributed by atoms with E-state index in [1.54, 1.807) is 24.5 Å². The van der Waals surface area contributed by atoms with Gasteiger partial charge in [0, 0.05) is 29.2 Å². The molecule has 2 aromatic carbocycles. The van der Waals surface area contributed by atoms with E-state index < -0.39 is 0 Å². The van der Waals surface area contributed by atoms with Gasteiger partial charge in [0.1, 0.15) is 11.6 Å². The molecule has 0 aliphatic carbocycles. The van der Waals surface area contributed by atoms with Crippen LogP contribution in [0.4, 0.5) is 4.39 Å². The molecule has 0 aliphatic rings. The summed E-state index contributed by atoms with van der Waals surface area (Å²) < 4.78 is 26.1. The first-order chi connectivity index (χ1) is 16.7. The maximum Gasteiger partial charge on any atom is 0.237 e. The third-order valence-corrected chi connectivity index (χ3v) is 5.77. The molecule has 0 saturated heterocycles. The molecular formula is C24H19FN6O2S. The van der Waals surface area contributed by atoms with Gasteiger partial charge in [0.25, 0.3) is 0 Å². The van der Waals surface area contributed by atoms with Gasteiger partial charge in [-0.3, -0.25) is 9.55 Å². The highest BCUT2D eigenvalue weighted by Gasteiger charge is 2.18. The van der Waals surface area contributed by atoms with E-state index in [9.17, 15) is 4.39 Å². The second-order valence-electron chi connectivity index (χ2n) is 7.12. The van der Waals surface area contributed by atoms with Crippen molar-refractivity contribution in [2.24, 2.45) is 0 Å². The number of aromatic nitrogens is 6. The second kappa shape index (κ2) is 9.84. The lowest BCUT2D eigenvalue weighted by Crippen LogP contribution is -2.00. The van der Waals surface area contributed by atoms with Gasteiger partial charge in [0.15, 0.2) is 11.0 Å². The summed E-state index contributed by atoms with van der Waals surface area (Å²) in [5, 5.41) is 13.5. The van der Waals surface area contributed by atoms with Gasteiger partial charge in [-0.05, 0) is 67.6 Å². The molecule has 5 aromatic rings. The molecule has 170 valence electrons. The first kappa shape index (κ1) is 21.8. The first-order valence-corrected chi connectivity index (χ1v) is 11.5. The summed E-state index contributed by atoms with van der Waals surface area (Å²) >= 11 is 1.42. The molecule has 10 heteroatoms. The minimum absolute atomic E-state index is 0.318. The summed E-state index contributed by atoms with van der Waals surface area (Å²) in [6.07, 6.45) is 3.46. The number of hydrogen-bond donors (Lipinski definition) is 0. The van der Waals surface area contributed by atoms with Gasteiger partial charge in [-0.15, -0.1) is 10.2 Å². The molecule has 0 saturated carbocycles. The quantitative estimate of drug-likeness (QED) is 0.283. The van der Waals surface area contributed by atoms with Gasteiger partial charge in [0.05, 0.1) is 12.4 Å². The minimum Gasteiger partial charge on any atom is -0.494 e. The Bertz CT molecular complexity index is 1370. The van der Waals surface area contributed by atoms with Crippen LogP contribution in [0.2, 0.25) is 0 Å². The number of ether oxygens (including phenoxy) is 1. The van der Waals surface area contributed by atoms with Crippen LogP contribution in [0.15, 0.2) is 82.7 Å². The Morgan fingerprint density at radius 2 is 1.82 bits per heavy atom. The Kier molecular flexibility index (Phi) is 6.30. The maximum absolute atomic E-state index is 13.2. The fraction of sp³-hybridized carbons (Fsp3) is 0.125. The zero-order chi connectivity index (χ0) is 23.3. The van der Waals surface area contributed by atoms with Crippen LogP contribution in [0, 0.1) is 5.82 Å². The van der Waals surface area contributed by atoms with Crippen molar-refractivity contribution in [2.75, 3.05) is 6.61 Å². The smallest absolute Gasteiger partial charge is 0.237 e. The molecule has 0 radical (unpaired) electrons. The lowest BCUT2D eigenvalue weighted by atomic mass is 10.2. The van der Waals surface area contributed by atoms with E-state index in [1.165, 1.54) is 23.9 Å². The molecule has 3 aromatic heterocycles. The average molecular weight is 475 g/mol. The Hall–Kier alpha value is -4.05. The predicted octanol–water partition coefficient (Wildman–Crippen LogP) is 5.21. The van der Waals surface area contributed by atoms with Gasteiger partial charge in [-0.1, -0.05) is 16.9 Å². The van der Waals surface area contributed by atoms with Crippen molar-refractivity contribution in [2.45, 2.75) is 17.8 Å². The topological polar surface area (TPSA) is 91.8 Å². The summed E-state index contributed by atoms with van der Waals surface area (Å²) in [6, 6.07) is 17.5. The van der Waals surface area contributed by atoms with Crippen molar-refractivity contribution in [3.8, 4) is 34.2 Å². The summed E-state index contributed by atoms with van der Waals surface area (Å²) in [4.78, 5) is 8.63. The highest BCUT2D eigenvalue weighted by atomic mass is 32.2. The number of benzene rings is 2. The fourth-order valence-corrected chi connectivity index (χ4v) is 4.08. The highest BCUT2D eigenvalue weighted by Crippen LogP contribution is 2.30. The zero-order valence-electron chi connectivity index (χ0n) is 18.1. The monoisotopic (exact) mass is 474 g/mol. The molecule has 0 fully saturated rings. The van der Waals surface area contributed by atoms with Crippen LogP contribution in [-0.2, 0) is 5.75 Å². The van der Waals surface area contributed by atoms with Crippen LogP contribution in [0.5, 0.6) is 5.75 Å². The Labute approximate surface area is 198 Å². The fourth-order valence-electron chi connectivity index (χ4n) is 3.29. The standard InChI is InChI=1S/C24H19FN6O2S/c1-2-32-20-11-9-19(10-12-20)31-23(17-4-3-13-26-14-17)28-29-24(31)34-15-21-27-22(30-33-21)16-5-7-18(25)8-6-16/h3-14H,2,15H2,1H3. The molecule has 34 heavy (non-hydrogen) atoms. The molecule has 0 atom stereocenters. The summed E-state index contributed by atoms with van der Waals surface area (Å²) in [5.74, 6) is 2.35. The van der Waals surface area contributed by atoms with Gasteiger partial charge >= 0.3 is 0 Å². The van der Waals surface area contributed by atoms with Gasteiger partial charge in [0.2, 0.25) is 11.7 Å². The molecular weight excluding hydrogens is 455 g/mol. The average Bonchev–Trinajstić information content (AvgIpc) is 3.52. The third kappa shape index (κ3) is 4.67. The van der Waals surface area contributed by atoms with E-state index >= 15 is 0 Å². The summed E-state index contributed by atoms with van der Waals surface area (Å²) in [5.41, 5.74) is 2.40. The minimum atomic E-state index is -0.318. The van der Waals surface area contributed by atoms with Crippen LogP contribution in [0.25, 0.3) is 28.5 Å². The van der Waals surface area contributed by atoms with Crippen molar-refractivity contribution >= 4 is 11.8 Å². The Balaban J connectivity index is 1.42. The number of nitrogens with zero attached hydrogens (tertiary/aromatic N) is 6. The molecule has 0 N–H and O–H groups in total. The zero-order valence-corrected chi connectivity index (χ0v) is 18.9. The van der Waals surface area contributed by atoms with Crippen LogP contribution >= 0.6 is 11.8 Å². The van der Waals surface area contributed by atoms with Crippen LogP contribution in [0.3, 0.4) is 0 Å². The highest BCUT2D eigenvalue weighted by molar-refractivity contribution is 7.98. The number of thioether (sulfide) groups is 1. The molecule has 0 spiro atoms. The Morgan fingerprint density at radius 3 is 2.56 bits per heavy atom. The van der Waals surface area contributed by atoms with E-state index in [0.717, 1.165) is 17.0 Å². The number of rotatable bonds is 8. The number of hydrogen-bond acceptors (Lipinski definition) is 8. The second-order valence-corrected chi connectivity index (χ2v) is 8.06. The number of halogens is 1. The van der Waals surface area contributed by atoms with E-state index in [2.05, 4.69) is 25.3 Å². The largest absolute Gasteiger partial charge is 0.494 e. The van der Waals surface area contributed by atoms with Crippen molar-refractivity contribution in [1.29, 1.82) is 0 Å². The number of pyridine rings is 1. The summed E-state index contributed by atoms with van der Waals surface area (Å²) in [7, 11) is 0. The molecule has 0 bridgehead atoms. The molecule has 0 unspecified atom stereocenters. The SMILES string of the molecule is CCOc1ccc(-n2c(SCc3nc(-c4ccc(F)cc4)no3)nnc2-c2cccnc2)cc1. The molecule has 3 heterocycles. The van der Waals surface area contributed by atoms with Gasteiger partial charge < -0.3 is 9.26 Å². The molecule has 5 rings (SSSR count). The van der Waals surface area contributed by atoms with E-state index in [0.29, 0.717) is 40.6 Å². The lowest BCUT2D eigenvalue weighted by Gasteiger charge is -2.11. The van der Waals surface area contributed by atoms with E-state index in [-0.39, 0.29) is 5.82 Å². The van der Waals surface area contributed by atoms with E-state index in [1.807, 2.05) is 47.9 Å². The van der Waals surface area contributed by atoms with Crippen molar-refractivity contribution in [3.05, 3.63) is 84.8 Å². The van der Waals surface area contributed by atoms with Crippen LogP contribution < -0.4 is 4.74 Å². The maximum atomic E-state index is 13.2. The van der Waals surface area contributed by atoms with Gasteiger partial charge in [-0.2, -0.15) is 4.98 Å². The summed E-state index contributed by atoms with van der Waals surface area (Å²) in [6.45, 7) is 2.54. The molecule has 8 nitrogen and oxygen atoms in total. The van der Waals surface area contributed by atoms with Crippen molar-refractivity contribution < 1.29 is 13.7 Å².